The second-order valence-corrected chi connectivity index (χ2v) is 22.3. The van der Waals surface area contributed by atoms with Crippen molar-refractivity contribution in [1.29, 1.82) is 0 Å². The Kier molecular flexibility index (Phi) is 23.3. The molecule has 3 aliphatic heterocycles. The number of aliphatic hydroxyl groups is 2. The van der Waals surface area contributed by atoms with Gasteiger partial charge in [-0.3, -0.25) is 24.0 Å². The highest BCUT2D eigenvalue weighted by Crippen LogP contribution is 2.39. The summed E-state index contributed by atoms with van der Waals surface area (Å²) in [6, 6.07) is -1.16. The monoisotopic (exact) mass is 1020 g/mol. The lowest BCUT2D eigenvalue weighted by atomic mass is 9.78. The molecule has 5 aliphatic rings. The summed E-state index contributed by atoms with van der Waals surface area (Å²) in [7, 11) is 4.58. The standard InChI is InChI=1S/C58H89NO14/c1-35-19-13-11-14-20-36(2)48(68-8)33-44-26-24-41(7)58(67,73-44)54(63)55(64)59-28-18-17-23-45(59)57(66)72-49(34-46(60)37(3)30-40(6)52(62)53(70-10)51(61)39(5)29-35)38(4)31-42-25-27-47(50(32-42)69-9)71-56(65)43-21-15-12-16-22-43/h11,13-14,19-20,30,35,37-39,41-45,47-50,52-53,62,67H,12,15-18,21-29,31-34H2,1-10H3/b14-11+,19-13-,36-20+,40-30+/t35-,37-,38-,39-,41-,42+,44+,45+,47-,48+,49+,50-,52-,53+,58-/m1/s1. The van der Waals surface area contributed by atoms with Crippen LogP contribution >= 0.6 is 0 Å². The van der Waals surface area contributed by atoms with Crippen LogP contribution < -0.4 is 0 Å². The molecule has 15 heteroatoms. The summed E-state index contributed by atoms with van der Waals surface area (Å²) in [4.78, 5) is 85.8. The first kappa shape index (κ1) is 60.0. The number of nitrogens with zero attached hydrogens (tertiary/aromatic N) is 1. The van der Waals surface area contributed by atoms with Crippen LogP contribution in [0.3, 0.4) is 0 Å². The van der Waals surface area contributed by atoms with Crippen LogP contribution in [0, 0.1) is 41.4 Å². The third-order valence-corrected chi connectivity index (χ3v) is 16.7. The summed E-state index contributed by atoms with van der Waals surface area (Å²) >= 11 is 0. The minimum atomic E-state index is -2.44. The van der Waals surface area contributed by atoms with Crippen LogP contribution in [0.15, 0.2) is 47.6 Å². The summed E-state index contributed by atoms with van der Waals surface area (Å²) < 4.78 is 36.0. The Morgan fingerprint density at radius 1 is 0.808 bits per heavy atom. The molecule has 0 spiro atoms. The molecule has 2 N–H and O–H groups in total. The molecule has 2 aliphatic carbocycles. The third kappa shape index (κ3) is 16.1. The van der Waals surface area contributed by atoms with Gasteiger partial charge in [0.2, 0.25) is 5.79 Å². The summed E-state index contributed by atoms with van der Waals surface area (Å²) in [6.45, 7) is 12.8. The van der Waals surface area contributed by atoms with Crippen molar-refractivity contribution in [2.75, 3.05) is 27.9 Å². The van der Waals surface area contributed by atoms with Crippen molar-refractivity contribution in [3.05, 3.63) is 47.6 Å². The normalized spacial score (nSPS) is 38.7. The lowest BCUT2D eigenvalue weighted by Crippen LogP contribution is -2.61. The number of carbonyl (C=O) groups is 6. The number of hydrogen-bond donors (Lipinski definition) is 2. The van der Waals surface area contributed by atoms with E-state index in [0.717, 1.165) is 44.1 Å². The van der Waals surface area contributed by atoms with Gasteiger partial charge in [0.1, 0.15) is 36.2 Å². The van der Waals surface area contributed by atoms with E-state index in [1.807, 2.05) is 58.1 Å². The number of cyclic esters (lactones) is 1. The van der Waals surface area contributed by atoms with Crippen molar-refractivity contribution in [2.45, 2.75) is 212 Å². The van der Waals surface area contributed by atoms with Crippen LogP contribution in [0.25, 0.3) is 0 Å². The van der Waals surface area contributed by atoms with Gasteiger partial charge in [-0.25, -0.2) is 4.79 Å². The van der Waals surface area contributed by atoms with Crippen LogP contribution in [0.2, 0.25) is 0 Å². The predicted molar refractivity (Wildman–Crippen MR) is 276 cm³/mol. The van der Waals surface area contributed by atoms with E-state index in [0.29, 0.717) is 63.4 Å². The van der Waals surface area contributed by atoms with Gasteiger partial charge in [0, 0.05) is 58.5 Å². The zero-order chi connectivity index (χ0) is 53.6. The maximum absolute atomic E-state index is 14.6. The van der Waals surface area contributed by atoms with E-state index in [1.54, 1.807) is 41.1 Å². The lowest BCUT2D eigenvalue weighted by molar-refractivity contribution is -0.265. The van der Waals surface area contributed by atoms with E-state index in [9.17, 15) is 39.0 Å². The van der Waals surface area contributed by atoms with Crippen molar-refractivity contribution in [3.8, 4) is 0 Å². The van der Waals surface area contributed by atoms with Gasteiger partial charge in [0.15, 0.2) is 5.78 Å². The van der Waals surface area contributed by atoms with Gasteiger partial charge in [-0.05, 0) is 120 Å². The highest BCUT2D eigenvalue weighted by molar-refractivity contribution is 6.39. The molecule has 73 heavy (non-hydrogen) atoms. The first-order chi connectivity index (χ1) is 34.7. The maximum atomic E-state index is 14.6. The minimum absolute atomic E-state index is 0.0109. The quantitative estimate of drug-likeness (QED) is 0.134. The second-order valence-electron chi connectivity index (χ2n) is 22.3. The number of ketones is 3. The van der Waals surface area contributed by atoms with Crippen molar-refractivity contribution < 1.29 is 67.4 Å². The lowest BCUT2D eigenvalue weighted by Gasteiger charge is -2.42. The Hall–Kier alpha value is -3.86. The van der Waals surface area contributed by atoms with Gasteiger partial charge in [0.05, 0.1) is 24.2 Å². The number of methoxy groups -OCH3 is 3. The Morgan fingerprint density at radius 2 is 1.52 bits per heavy atom. The molecule has 3 heterocycles. The van der Waals surface area contributed by atoms with E-state index in [2.05, 4.69) is 0 Å². The molecule has 2 saturated carbocycles. The Balaban J connectivity index is 1.44. The van der Waals surface area contributed by atoms with Crippen LogP contribution in [0.5, 0.6) is 0 Å². The molecular formula is C58H89NO14. The Morgan fingerprint density at radius 3 is 2.21 bits per heavy atom. The van der Waals surface area contributed by atoms with Gasteiger partial charge < -0.3 is 43.5 Å². The first-order valence-corrected chi connectivity index (χ1v) is 27.4. The number of allylic oxidation sites excluding steroid dienone is 6. The van der Waals surface area contributed by atoms with E-state index in [1.165, 1.54) is 12.0 Å². The molecule has 2 saturated heterocycles. The smallest absolute Gasteiger partial charge is 0.329 e. The Labute approximate surface area is 435 Å². The van der Waals surface area contributed by atoms with Gasteiger partial charge >= 0.3 is 11.9 Å². The van der Waals surface area contributed by atoms with Crippen LogP contribution in [0.4, 0.5) is 0 Å². The zero-order valence-corrected chi connectivity index (χ0v) is 45.6. The largest absolute Gasteiger partial charge is 0.460 e. The molecule has 4 fully saturated rings. The average Bonchev–Trinajstić information content (AvgIpc) is 3.38. The van der Waals surface area contributed by atoms with Gasteiger partial charge in [-0.1, -0.05) is 90.3 Å². The molecule has 0 aromatic heterocycles. The van der Waals surface area contributed by atoms with Gasteiger partial charge in [-0.15, -0.1) is 0 Å². The van der Waals surface area contributed by atoms with Gasteiger partial charge in [0.25, 0.3) is 11.7 Å². The number of rotatable bonds is 8. The molecule has 0 aromatic carbocycles. The fourth-order valence-electron chi connectivity index (χ4n) is 11.8. The van der Waals surface area contributed by atoms with Gasteiger partial charge in [-0.2, -0.15) is 0 Å². The van der Waals surface area contributed by atoms with E-state index in [-0.39, 0.29) is 72.8 Å². The number of ether oxygens (including phenoxy) is 6. The average molecular weight is 1020 g/mol. The van der Waals surface area contributed by atoms with Crippen LogP contribution in [-0.4, -0.2) is 133 Å². The number of piperidine rings is 1. The van der Waals surface area contributed by atoms with Crippen LogP contribution in [0.1, 0.15) is 158 Å². The first-order valence-electron chi connectivity index (χ1n) is 27.4. The predicted octanol–water partition coefficient (Wildman–Crippen LogP) is 8.31. The molecular weight excluding hydrogens is 935 g/mol. The summed E-state index contributed by atoms with van der Waals surface area (Å²) in [5.41, 5.74) is 1.26. The van der Waals surface area contributed by atoms with E-state index in [4.69, 9.17) is 28.4 Å². The maximum Gasteiger partial charge on any atom is 0.329 e. The molecule has 2 bridgehead atoms. The molecule has 0 unspecified atom stereocenters. The number of esters is 2. The molecule has 0 radical (unpaired) electrons. The third-order valence-electron chi connectivity index (χ3n) is 16.7. The number of carbonyl (C=O) groups excluding carboxylic acids is 6. The zero-order valence-electron chi connectivity index (χ0n) is 45.6. The SMILES string of the molecule is CO[C@H]1C[C@@H]2CC[C@@H](C)[C@@](O)(O2)C(=O)C(=O)N2CCCC[C@H]2C(=O)O[C@H]([C@H](C)C[C@@H]2CC[C@@H](OC(=O)C3CCCCC3)[C@H](OC)C2)CC(=O)[C@H](C)/C=C(\C)[C@@H](O)[C@@H](OC)C(=O)[C@H](C)C[C@H](C)\C=C/C=C/C=C/1C. The fourth-order valence-corrected chi connectivity index (χ4v) is 11.8. The molecule has 5 rings (SSSR count). The summed E-state index contributed by atoms with van der Waals surface area (Å²) in [5.74, 6) is -8.36. The topological polar surface area (TPSA) is 201 Å². The molecule has 15 atom stereocenters. The van der Waals surface area contributed by atoms with Crippen molar-refractivity contribution >= 4 is 35.2 Å². The van der Waals surface area contributed by atoms with Crippen LogP contribution in [-0.2, 0) is 57.2 Å². The van der Waals surface area contributed by atoms with Crippen molar-refractivity contribution in [1.82, 2.24) is 4.90 Å². The number of Topliss-reactive ketones (excluding diaryl/α,β-unsaturated/α-hetero) is 3. The molecule has 15 nitrogen and oxygen atoms in total. The van der Waals surface area contributed by atoms with Crippen molar-refractivity contribution in [2.24, 2.45) is 41.4 Å². The van der Waals surface area contributed by atoms with E-state index >= 15 is 0 Å². The summed E-state index contributed by atoms with van der Waals surface area (Å²) in [5, 5.41) is 23.6. The molecule has 0 aromatic rings. The summed E-state index contributed by atoms with van der Waals surface area (Å²) in [6.07, 6.45) is 16.2. The van der Waals surface area contributed by atoms with Crippen molar-refractivity contribution in [3.63, 3.8) is 0 Å². The highest BCUT2D eigenvalue weighted by Gasteiger charge is 2.53. The second kappa shape index (κ2) is 28.3. The van der Waals surface area contributed by atoms with E-state index < -0.39 is 77.8 Å². The Bertz CT molecular complexity index is 2000. The number of hydrogen-bond acceptors (Lipinski definition) is 14. The number of amides is 1. The minimum Gasteiger partial charge on any atom is -0.460 e. The molecule has 1 amide bonds. The fraction of sp³-hybridized carbons (Fsp3) is 0.759. The molecule has 410 valence electrons. The highest BCUT2D eigenvalue weighted by atomic mass is 16.6. The number of aliphatic hydroxyl groups excluding tert-OH is 1. The number of fused-ring (bicyclic) bond motifs is 3.